The molecule has 2 rings (SSSR count). The maximum absolute atomic E-state index is 12.3. The van der Waals surface area contributed by atoms with Crippen molar-refractivity contribution in [3.8, 4) is 0 Å². The first kappa shape index (κ1) is 17.7. The van der Waals surface area contributed by atoms with E-state index in [9.17, 15) is 9.59 Å². The van der Waals surface area contributed by atoms with E-state index in [-0.39, 0.29) is 17.8 Å². The Morgan fingerprint density at radius 2 is 1.87 bits per heavy atom. The second kappa shape index (κ2) is 8.29. The molecule has 1 aliphatic rings. The normalized spacial score (nSPS) is 15.5. The van der Waals surface area contributed by atoms with Crippen molar-refractivity contribution in [3.63, 3.8) is 0 Å². The Morgan fingerprint density at radius 3 is 2.43 bits per heavy atom. The second-order valence-corrected chi connectivity index (χ2v) is 6.57. The van der Waals surface area contributed by atoms with Crippen molar-refractivity contribution < 1.29 is 14.3 Å². The van der Waals surface area contributed by atoms with E-state index in [0.29, 0.717) is 43.4 Å². The summed E-state index contributed by atoms with van der Waals surface area (Å²) in [5.74, 6) is 0.180. The average Bonchev–Trinajstić information content (AvgIpc) is 2.52. The summed E-state index contributed by atoms with van der Waals surface area (Å²) < 4.78 is 5.04. The molecule has 126 valence electrons. The van der Waals surface area contributed by atoms with Gasteiger partial charge in [0.15, 0.2) is 5.16 Å². The molecule has 0 radical (unpaired) electrons. The van der Waals surface area contributed by atoms with Gasteiger partial charge in [0, 0.05) is 24.5 Å². The van der Waals surface area contributed by atoms with E-state index in [1.54, 1.807) is 0 Å². The molecule has 0 atom stereocenters. The number of hydrogen-bond acceptors (Lipinski definition) is 6. The fraction of sp³-hybridized carbons (Fsp3) is 0.625. The molecule has 23 heavy (non-hydrogen) atoms. The van der Waals surface area contributed by atoms with Gasteiger partial charge in [0.1, 0.15) is 0 Å². The zero-order chi connectivity index (χ0) is 16.8. The quantitative estimate of drug-likeness (QED) is 0.465. The highest BCUT2D eigenvalue weighted by atomic mass is 32.2. The lowest BCUT2D eigenvalue weighted by Gasteiger charge is -2.30. The molecule has 0 N–H and O–H groups in total. The van der Waals surface area contributed by atoms with Crippen LogP contribution in [0.15, 0.2) is 11.2 Å². The average molecular weight is 337 g/mol. The number of esters is 1. The fourth-order valence-corrected chi connectivity index (χ4v) is 3.45. The van der Waals surface area contributed by atoms with Gasteiger partial charge in [0.2, 0.25) is 5.91 Å². The van der Waals surface area contributed by atoms with Crippen LogP contribution in [0.3, 0.4) is 0 Å². The van der Waals surface area contributed by atoms with Crippen LogP contribution in [0.25, 0.3) is 0 Å². The summed E-state index contributed by atoms with van der Waals surface area (Å²) in [6.45, 7) is 7.27. The number of likely N-dealkylation sites (tertiary alicyclic amines) is 1. The lowest BCUT2D eigenvalue weighted by molar-refractivity contribution is -0.151. The lowest BCUT2D eigenvalue weighted by atomic mass is 9.97. The fourth-order valence-electron chi connectivity index (χ4n) is 2.60. The van der Waals surface area contributed by atoms with Gasteiger partial charge in [-0.05, 0) is 39.7 Å². The van der Waals surface area contributed by atoms with Crippen molar-refractivity contribution in [1.82, 2.24) is 14.9 Å². The standard InChI is InChI=1S/C16H23N3O3S/c1-4-22-15(21)13-5-7-19(8-6-13)14(20)10-23-16-17-11(2)9-12(3)18-16/h9,13H,4-8,10H2,1-3H3. The van der Waals surface area contributed by atoms with Gasteiger partial charge in [-0.15, -0.1) is 0 Å². The molecule has 1 aromatic rings. The number of ether oxygens (including phenoxy) is 1. The van der Waals surface area contributed by atoms with Crippen LogP contribution in [0.4, 0.5) is 0 Å². The number of piperidine rings is 1. The molecular formula is C16H23N3O3S. The maximum atomic E-state index is 12.3. The van der Waals surface area contributed by atoms with Gasteiger partial charge in [0.25, 0.3) is 0 Å². The van der Waals surface area contributed by atoms with Gasteiger partial charge in [-0.25, -0.2) is 9.97 Å². The molecule has 0 aliphatic carbocycles. The molecule has 7 heteroatoms. The minimum absolute atomic E-state index is 0.0695. The Kier molecular flexibility index (Phi) is 6.38. The van der Waals surface area contributed by atoms with Crippen molar-refractivity contribution in [1.29, 1.82) is 0 Å². The minimum Gasteiger partial charge on any atom is -0.466 e. The first-order valence-corrected chi connectivity index (χ1v) is 8.87. The van der Waals surface area contributed by atoms with Crippen LogP contribution in [0.1, 0.15) is 31.2 Å². The number of aromatic nitrogens is 2. The van der Waals surface area contributed by atoms with Crippen LogP contribution >= 0.6 is 11.8 Å². The van der Waals surface area contributed by atoms with Crippen LogP contribution in [0, 0.1) is 19.8 Å². The number of rotatable bonds is 5. The van der Waals surface area contributed by atoms with Crippen LogP contribution < -0.4 is 0 Å². The number of thioether (sulfide) groups is 1. The Labute approximate surface area is 141 Å². The van der Waals surface area contributed by atoms with Gasteiger partial charge in [-0.2, -0.15) is 0 Å². The minimum atomic E-state index is -0.141. The van der Waals surface area contributed by atoms with Crippen molar-refractivity contribution >= 4 is 23.6 Å². The Hall–Kier alpha value is -1.63. The van der Waals surface area contributed by atoms with E-state index in [1.165, 1.54) is 11.8 Å². The van der Waals surface area contributed by atoms with Gasteiger partial charge >= 0.3 is 5.97 Å². The predicted octanol–water partition coefficient (Wildman–Crippen LogP) is 1.99. The van der Waals surface area contributed by atoms with Crippen LogP contribution in [0.2, 0.25) is 0 Å². The molecule has 0 saturated carbocycles. The third-order valence-electron chi connectivity index (χ3n) is 3.75. The molecular weight excluding hydrogens is 314 g/mol. The molecule has 0 aromatic carbocycles. The van der Waals surface area contributed by atoms with Crippen LogP contribution in [-0.2, 0) is 14.3 Å². The largest absolute Gasteiger partial charge is 0.466 e. The SMILES string of the molecule is CCOC(=O)C1CCN(C(=O)CSc2nc(C)cc(C)n2)CC1. The van der Waals surface area contributed by atoms with Crippen molar-refractivity contribution in [3.05, 3.63) is 17.5 Å². The van der Waals surface area contributed by atoms with E-state index in [1.807, 2.05) is 31.7 Å². The molecule has 0 unspecified atom stereocenters. The van der Waals surface area contributed by atoms with Crippen LogP contribution in [0.5, 0.6) is 0 Å². The lowest BCUT2D eigenvalue weighted by Crippen LogP contribution is -2.41. The van der Waals surface area contributed by atoms with Gasteiger partial charge in [-0.1, -0.05) is 11.8 Å². The summed E-state index contributed by atoms with van der Waals surface area (Å²) in [5, 5.41) is 0.636. The number of hydrogen-bond donors (Lipinski definition) is 0. The molecule has 0 bridgehead atoms. The smallest absolute Gasteiger partial charge is 0.309 e. The maximum Gasteiger partial charge on any atom is 0.309 e. The zero-order valence-electron chi connectivity index (χ0n) is 13.9. The topological polar surface area (TPSA) is 72.4 Å². The summed E-state index contributed by atoms with van der Waals surface area (Å²) in [6.07, 6.45) is 1.35. The highest BCUT2D eigenvalue weighted by Gasteiger charge is 2.28. The van der Waals surface area contributed by atoms with Crippen LogP contribution in [-0.4, -0.2) is 52.2 Å². The van der Waals surface area contributed by atoms with Crippen molar-refractivity contribution in [2.24, 2.45) is 5.92 Å². The first-order chi connectivity index (χ1) is 11.0. The van der Waals surface area contributed by atoms with E-state index >= 15 is 0 Å². The number of nitrogens with zero attached hydrogens (tertiary/aromatic N) is 3. The number of carbonyl (C=O) groups excluding carboxylic acids is 2. The summed E-state index contributed by atoms with van der Waals surface area (Å²) in [6, 6.07) is 1.91. The Morgan fingerprint density at radius 1 is 1.26 bits per heavy atom. The summed E-state index contributed by atoms with van der Waals surface area (Å²) in [5.41, 5.74) is 1.81. The van der Waals surface area contributed by atoms with Gasteiger partial charge in [-0.3, -0.25) is 9.59 Å². The van der Waals surface area contributed by atoms with E-state index in [2.05, 4.69) is 9.97 Å². The molecule has 2 heterocycles. The summed E-state index contributed by atoms with van der Waals surface area (Å²) in [7, 11) is 0. The van der Waals surface area contributed by atoms with Gasteiger partial charge in [0.05, 0.1) is 18.3 Å². The van der Waals surface area contributed by atoms with E-state index in [4.69, 9.17) is 4.74 Å². The number of carbonyl (C=O) groups is 2. The Balaban J connectivity index is 1.80. The first-order valence-electron chi connectivity index (χ1n) is 7.89. The highest BCUT2D eigenvalue weighted by Crippen LogP contribution is 2.21. The summed E-state index contributed by atoms with van der Waals surface area (Å²) in [4.78, 5) is 34.4. The zero-order valence-corrected chi connectivity index (χ0v) is 14.7. The Bertz CT molecular complexity index is 551. The van der Waals surface area contributed by atoms with Crippen molar-refractivity contribution in [2.45, 2.75) is 38.8 Å². The molecule has 6 nitrogen and oxygen atoms in total. The number of amides is 1. The number of aryl methyl sites for hydroxylation is 2. The van der Waals surface area contributed by atoms with Gasteiger partial charge < -0.3 is 9.64 Å². The molecule has 1 aromatic heterocycles. The predicted molar refractivity (Wildman–Crippen MR) is 88.2 cm³/mol. The molecule has 1 amide bonds. The van der Waals surface area contributed by atoms with Crippen molar-refractivity contribution in [2.75, 3.05) is 25.4 Å². The molecule has 1 aliphatic heterocycles. The molecule has 1 fully saturated rings. The van der Waals surface area contributed by atoms with E-state index in [0.717, 1.165) is 11.4 Å². The third-order valence-corrected chi connectivity index (χ3v) is 4.59. The summed E-state index contributed by atoms with van der Waals surface area (Å²) >= 11 is 1.36. The monoisotopic (exact) mass is 337 g/mol. The molecule has 1 saturated heterocycles. The highest BCUT2D eigenvalue weighted by molar-refractivity contribution is 7.99. The third kappa shape index (κ3) is 5.20. The molecule has 0 spiro atoms. The van der Waals surface area contributed by atoms with E-state index < -0.39 is 0 Å². The second-order valence-electron chi connectivity index (χ2n) is 5.63.